The van der Waals surface area contributed by atoms with Crippen LogP contribution in [0.25, 0.3) is 94.4 Å². The molecule has 0 fully saturated rings. The Hall–Kier alpha value is -7.79. The first-order chi connectivity index (χ1) is 31.2. The van der Waals surface area contributed by atoms with E-state index >= 15 is 0 Å². The Kier molecular flexibility index (Phi) is 8.98. The number of hydrogen-bond donors (Lipinski definition) is 0. The Morgan fingerprint density at radius 3 is 1.83 bits per heavy atom. The van der Waals surface area contributed by atoms with Gasteiger partial charge in [-0.1, -0.05) is 30.3 Å². The molecule has 0 aliphatic carbocycles. The molecule has 4 heterocycles. The van der Waals surface area contributed by atoms with Crippen molar-refractivity contribution in [1.29, 1.82) is 0 Å². The molecule has 0 saturated heterocycles. The van der Waals surface area contributed by atoms with Gasteiger partial charge in [0.25, 0.3) is 0 Å². The van der Waals surface area contributed by atoms with Crippen molar-refractivity contribution in [1.82, 2.24) is 18.7 Å². The van der Waals surface area contributed by atoms with E-state index in [2.05, 4.69) is 227 Å². The molecule has 8 aromatic carbocycles. The van der Waals surface area contributed by atoms with Crippen molar-refractivity contribution in [2.75, 3.05) is 0 Å². The summed E-state index contributed by atoms with van der Waals surface area (Å²) in [5, 5.41) is 3.35. The number of hydrogen-bond acceptors (Lipinski definition) is 3. The zero-order chi connectivity index (χ0) is 41.9. The number of imidazole rings is 1. The second-order valence-electron chi connectivity index (χ2n) is 15.5. The van der Waals surface area contributed by atoms with Crippen molar-refractivity contribution >= 4 is 43.8 Å². The van der Waals surface area contributed by atoms with Crippen LogP contribution in [0.5, 0.6) is 11.5 Å². The number of rotatable bonds is 8. The van der Waals surface area contributed by atoms with Crippen molar-refractivity contribution in [2.24, 2.45) is 0 Å². The molecule has 0 atom stereocenters. The molecule has 6 nitrogen and oxygen atoms in total. The molecule has 7 heteroatoms. The number of furan rings is 1. The fourth-order valence-corrected chi connectivity index (χ4v) is 10.1. The van der Waals surface area contributed by atoms with Crippen LogP contribution < -0.4 is 4.74 Å². The second kappa shape index (κ2) is 15.3. The zero-order valence-corrected chi connectivity index (χ0v) is 36.0. The van der Waals surface area contributed by atoms with Crippen LogP contribution in [-0.4, -0.2) is 18.7 Å². The first kappa shape index (κ1) is 37.0. The molecule has 63 heavy (non-hydrogen) atoms. The summed E-state index contributed by atoms with van der Waals surface area (Å²) in [7, 11) is 0. The van der Waals surface area contributed by atoms with E-state index in [1.54, 1.807) is 6.26 Å². The quantitative estimate of drug-likeness (QED) is 0.152. The van der Waals surface area contributed by atoms with Gasteiger partial charge < -0.3 is 4.42 Å². The summed E-state index contributed by atoms with van der Waals surface area (Å²) in [4.78, 5) is 5.02. The summed E-state index contributed by atoms with van der Waals surface area (Å²) < 4.78 is 20.6. The summed E-state index contributed by atoms with van der Waals surface area (Å²) in [5.41, 5.74) is 13.9. The third-order valence-electron chi connectivity index (χ3n) is 11.9. The fourth-order valence-electron chi connectivity index (χ4n) is 9.04. The van der Waals surface area contributed by atoms with E-state index in [1.807, 2.05) is 18.3 Å². The average Bonchev–Trinajstić information content (AvgIpc) is 4.04. The second-order valence-corrected chi connectivity index (χ2v) is 16.5. The summed E-state index contributed by atoms with van der Waals surface area (Å²) in [6.45, 7) is 0. The van der Waals surface area contributed by atoms with Crippen LogP contribution in [0.1, 0.15) is 0 Å². The van der Waals surface area contributed by atoms with Gasteiger partial charge >= 0.3 is 294 Å². The van der Waals surface area contributed by atoms with Gasteiger partial charge in [0.2, 0.25) is 0 Å². The van der Waals surface area contributed by atoms with Crippen LogP contribution in [0.2, 0.25) is 0 Å². The van der Waals surface area contributed by atoms with Gasteiger partial charge in [-0.25, -0.2) is 0 Å². The third kappa shape index (κ3) is 6.29. The van der Waals surface area contributed by atoms with Gasteiger partial charge in [0.1, 0.15) is 5.58 Å². The Balaban J connectivity index is 0.956. The Morgan fingerprint density at radius 2 is 1.08 bits per heavy atom. The molecular weight excluding hydrogens is 956 g/mol. The van der Waals surface area contributed by atoms with Crippen LogP contribution in [0, 0.1) is 3.80 Å². The summed E-state index contributed by atoms with van der Waals surface area (Å²) in [6, 6.07) is 72.1. The van der Waals surface area contributed by atoms with Gasteiger partial charge in [0, 0.05) is 22.7 Å². The van der Waals surface area contributed by atoms with Gasteiger partial charge in [-0.3, -0.25) is 0 Å². The molecule has 0 aliphatic rings. The molecule has 0 radical (unpaired) electrons. The van der Waals surface area contributed by atoms with E-state index < -0.39 is 0 Å². The Morgan fingerprint density at radius 1 is 0.444 bits per heavy atom. The van der Waals surface area contributed by atoms with Gasteiger partial charge in [0.15, 0.2) is 0 Å². The van der Waals surface area contributed by atoms with E-state index in [-0.39, 0.29) is 0 Å². The molecule has 12 aromatic rings. The Bertz CT molecular complexity index is 3670. The van der Waals surface area contributed by atoms with Gasteiger partial charge in [-0.05, 0) is 12.1 Å². The molecule has 0 bridgehead atoms. The number of benzene rings is 8. The average molecular weight is 992 g/mol. The molecule has 12 rings (SSSR count). The van der Waals surface area contributed by atoms with E-state index in [0.29, 0.717) is 0 Å². The maximum absolute atomic E-state index is 6.78. The van der Waals surface area contributed by atoms with Crippen molar-refractivity contribution in [2.45, 2.75) is 0 Å². The molecule has 0 spiro atoms. The van der Waals surface area contributed by atoms with Gasteiger partial charge in [0.05, 0.1) is 6.26 Å². The zero-order valence-electron chi connectivity index (χ0n) is 33.7. The minimum absolute atomic E-state index is 0.733. The molecule has 0 unspecified atom stereocenters. The van der Waals surface area contributed by atoms with Gasteiger partial charge in [-0.15, -0.1) is 0 Å². The summed E-state index contributed by atoms with van der Waals surface area (Å²) in [5.74, 6) is 2.29. The predicted octanol–water partition coefficient (Wildman–Crippen LogP) is 14.5. The van der Waals surface area contributed by atoms with Crippen LogP contribution >= 0.6 is 0 Å². The molecule has 0 N–H and O–H groups in total. The number of ether oxygens (including phenoxy) is 1. The number of pyridine rings is 1. The normalized spacial score (nSPS) is 11.6. The van der Waals surface area contributed by atoms with E-state index in [1.165, 1.54) is 0 Å². The van der Waals surface area contributed by atoms with Crippen LogP contribution in [0.15, 0.2) is 223 Å². The minimum atomic E-state index is 0.733. The molecule has 302 valence electrons. The van der Waals surface area contributed by atoms with Crippen LogP contribution in [0.4, 0.5) is 0 Å². The molecule has 4 aromatic heterocycles. The van der Waals surface area contributed by atoms with Crippen LogP contribution in [0.3, 0.4) is 0 Å². The van der Waals surface area contributed by atoms with Gasteiger partial charge in [-0.2, -0.15) is 0 Å². The van der Waals surface area contributed by atoms with E-state index in [0.717, 1.165) is 110 Å². The first-order valence-electron chi connectivity index (χ1n) is 20.8. The summed E-state index contributed by atoms with van der Waals surface area (Å²) in [6.07, 6.45) is 3.66. The number of aromatic nitrogens is 4. The predicted molar refractivity (Wildman–Crippen MR) is 251 cm³/mol. The van der Waals surface area contributed by atoms with Crippen molar-refractivity contribution in [3.05, 3.63) is 223 Å². The topological polar surface area (TPSA) is 50.1 Å². The van der Waals surface area contributed by atoms with Crippen molar-refractivity contribution < 1.29 is 28.5 Å². The third-order valence-corrected chi connectivity index (χ3v) is 12.9. The molecule has 0 aliphatic heterocycles. The number of para-hydroxylation sites is 5. The van der Waals surface area contributed by atoms with Crippen LogP contribution in [-0.2, 0) is 19.4 Å². The van der Waals surface area contributed by atoms with Crippen molar-refractivity contribution in [3.8, 4) is 62.1 Å². The van der Waals surface area contributed by atoms with E-state index in [4.69, 9.17) is 14.1 Å². The SMILES string of the molecule is [Pt]=[c]1n(-c2cccc(Oc3ccc4c5ccccc5n(-c5ccc(-c6cccc7ccoc67)cn5)c4c3)c2)c2ccccc2n1-c1c(-c2ccccc2)cccc1-c1ccccc1. The van der Waals surface area contributed by atoms with E-state index in [9.17, 15) is 0 Å². The molecular formula is C56H36N4O2Pt. The standard InChI is InChI=1S/C56H36N4O2.Pt/c1-3-14-38(15-4-1)45-22-13-23-46(39-16-5-2-6-17-39)55(45)59-37-58(51-26-9-10-27-52(51)59)42-19-12-20-43(34-42)62-44-29-30-49-48-21-7-8-25-50(48)60(53(49)35-44)54-31-28-41(36-57-54)47-24-11-18-40-32-33-61-56(40)47;/h1-36H;. The monoisotopic (exact) mass is 991 g/mol. The summed E-state index contributed by atoms with van der Waals surface area (Å²) >= 11 is 2.49. The fraction of sp³-hybridized carbons (Fsp3) is 0. The molecule has 0 amide bonds. The maximum atomic E-state index is 6.78. The molecule has 0 saturated carbocycles. The van der Waals surface area contributed by atoms with Crippen molar-refractivity contribution in [3.63, 3.8) is 0 Å². The first-order valence-corrected chi connectivity index (χ1v) is 22.0. The Labute approximate surface area is 373 Å². The number of nitrogens with zero attached hydrogens (tertiary/aromatic N) is 4. The number of fused-ring (bicyclic) bond motifs is 5.